The molecule has 23 heavy (non-hydrogen) atoms. The van der Waals surface area contributed by atoms with Gasteiger partial charge in [0.25, 0.3) is 0 Å². The van der Waals surface area contributed by atoms with Crippen LogP contribution >= 0.6 is 23.4 Å². The van der Waals surface area contributed by atoms with Crippen molar-refractivity contribution in [3.05, 3.63) is 23.2 Å². The summed E-state index contributed by atoms with van der Waals surface area (Å²) in [5.41, 5.74) is 1.58. The highest BCUT2D eigenvalue weighted by Crippen LogP contribution is 2.26. The first kappa shape index (κ1) is 18.1. The molecule has 1 N–H and O–H groups in total. The Hall–Kier alpha value is -1.24. The summed E-state index contributed by atoms with van der Waals surface area (Å²) in [5, 5.41) is 4.40. The lowest BCUT2D eigenvalue weighted by Gasteiger charge is -2.20. The molecule has 0 spiro atoms. The van der Waals surface area contributed by atoms with Crippen LogP contribution in [-0.2, 0) is 16.1 Å². The van der Waals surface area contributed by atoms with Crippen molar-refractivity contribution in [3.63, 3.8) is 0 Å². The molecule has 126 valence electrons. The van der Waals surface area contributed by atoms with Crippen molar-refractivity contribution >= 4 is 40.3 Å². The highest BCUT2D eigenvalue weighted by atomic mass is 35.5. The van der Waals surface area contributed by atoms with E-state index in [0.29, 0.717) is 23.9 Å². The van der Waals surface area contributed by atoms with E-state index in [1.54, 1.807) is 7.11 Å². The standard InChI is InChI=1S/C16H22ClN3O2S/c1-16(2,3)19-14(21)10-23-15-18-12-9-11(17)5-6-13(12)20(15)7-8-22-4/h5-6,9H,7-8,10H2,1-4H3,(H,19,21). The SMILES string of the molecule is COCCn1c(SCC(=O)NC(C)(C)C)nc2cc(Cl)ccc21. The number of carbonyl (C=O) groups excluding carboxylic acids is 1. The van der Waals surface area contributed by atoms with Gasteiger partial charge in [0.1, 0.15) is 0 Å². The number of ether oxygens (including phenoxy) is 1. The van der Waals surface area contributed by atoms with Crippen molar-refractivity contribution in [1.82, 2.24) is 14.9 Å². The molecule has 0 fully saturated rings. The molecule has 7 heteroatoms. The Morgan fingerprint density at radius 2 is 2.17 bits per heavy atom. The Labute approximate surface area is 145 Å². The van der Waals surface area contributed by atoms with E-state index in [2.05, 4.69) is 14.9 Å². The highest BCUT2D eigenvalue weighted by Gasteiger charge is 2.16. The zero-order valence-electron chi connectivity index (χ0n) is 13.9. The molecule has 2 rings (SSSR count). The maximum atomic E-state index is 12.0. The van der Waals surface area contributed by atoms with Gasteiger partial charge in [0.2, 0.25) is 5.91 Å². The zero-order chi connectivity index (χ0) is 17.0. The average molecular weight is 356 g/mol. The molecule has 1 aromatic carbocycles. The van der Waals surface area contributed by atoms with Gasteiger partial charge >= 0.3 is 0 Å². The van der Waals surface area contributed by atoms with Gasteiger partial charge in [0.05, 0.1) is 23.4 Å². The van der Waals surface area contributed by atoms with Gasteiger partial charge in [0, 0.05) is 24.2 Å². The van der Waals surface area contributed by atoms with Crippen molar-refractivity contribution in [1.29, 1.82) is 0 Å². The third kappa shape index (κ3) is 5.12. The molecule has 0 aliphatic rings. The van der Waals surface area contributed by atoms with Gasteiger partial charge < -0.3 is 14.6 Å². The lowest BCUT2D eigenvalue weighted by atomic mass is 10.1. The van der Waals surface area contributed by atoms with Gasteiger partial charge in [-0.05, 0) is 39.0 Å². The number of carbonyl (C=O) groups is 1. The molecule has 0 radical (unpaired) electrons. The summed E-state index contributed by atoms with van der Waals surface area (Å²) in [7, 11) is 1.67. The summed E-state index contributed by atoms with van der Waals surface area (Å²) >= 11 is 7.46. The van der Waals surface area contributed by atoms with Crippen LogP contribution in [0, 0.1) is 0 Å². The predicted octanol–water partition coefficient (Wildman–Crippen LogP) is 3.34. The Balaban J connectivity index is 2.19. The molecule has 1 amide bonds. The molecule has 0 unspecified atom stereocenters. The van der Waals surface area contributed by atoms with Crippen molar-refractivity contribution in [2.75, 3.05) is 19.5 Å². The second-order valence-corrected chi connectivity index (χ2v) is 7.64. The molecule has 0 atom stereocenters. The van der Waals surface area contributed by atoms with Gasteiger partial charge in [-0.1, -0.05) is 23.4 Å². The summed E-state index contributed by atoms with van der Waals surface area (Å²) in [5.74, 6) is 0.312. The van der Waals surface area contributed by atoms with Crippen LogP contribution in [0.4, 0.5) is 0 Å². The minimum absolute atomic E-state index is 0.00844. The lowest BCUT2D eigenvalue weighted by molar-refractivity contribution is -0.119. The fourth-order valence-corrected chi connectivity index (χ4v) is 3.18. The first-order valence-electron chi connectivity index (χ1n) is 7.39. The van der Waals surface area contributed by atoms with E-state index in [1.807, 2.05) is 39.0 Å². The van der Waals surface area contributed by atoms with Crippen LogP contribution in [-0.4, -0.2) is 40.5 Å². The molecular formula is C16H22ClN3O2S. The van der Waals surface area contributed by atoms with Crippen LogP contribution in [0.5, 0.6) is 0 Å². The summed E-state index contributed by atoms with van der Waals surface area (Å²) in [6.45, 7) is 7.15. The van der Waals surface area contributed by atoms with E-state index in [-0.39, 0.29) is 11.4 Å². The zero-order valence-corrected chi connectivity index (χ0v) is 15.4. The number of methoxy groups -OCH3 is 1. The Morgan fingerprint density at radius 1 is 1.43 bits per heavy atom. The Bertz CT molecular complexity index is 694. The second-order valence-electron chi connectivity index (χ2n) is 6.26. The number of fused-ring (bicyclic) bond motifs is 1. The van der Waals surface area contributed by atoms with Crippen LogP contribution in [0.25, 0.3) is 11.0 Å². The van der Waals surface area contributed by atoms with Gasteiger partial charge in [-0.25, -0.2) is 4.98 Å². The number of amides is 1. The number of nitrogens with one attached hydrogen (secondary N) is 1. The number of benzene rings is 1. The molecule has 5 nitrogen and oxygen atoms in total. The van der Waals surface area contributed by atoms with Gasteiger partial charge in [-0.15, -0.1) is 0 Å². The van der Waals surface area contributed by atoms with E-state index in [0.717, 1.165) is 16.2 Å². The third-order valence-corrected chi connectivity index (χ3v) is 4.25. The van der Waals surface area contributed by atoms with Gasteiger partial charge in [-0.3, -0.25) is 4.79 Å². The topological polar surface area (TPSA) is 56.1 Å². The number of rotatable bonds is 6. The second kappa shape index (κ2) is 7.55. The minimum Gasteiger partial charge on any atom is -0.383 e. The van der Waals surface area contributed by atoms with Crippen LogP contribution in [0.2, 0.25) is 5.02 Å². The summed E-state index contributed by atoms with van der Waals surface area (Å²) in [6.07, 6.45) is 0. The van der Waals surface area contributed by atoms with E-state index in [1.165, 1.54) is 11.8 Å². The molecular weight excluding hydrogens is 334 g/mol. The third-order valence-electron chi connectivity index (χ3n) is 3.04. The molecule has 1 heterocycles. The largest absolute Gasteiger partial charge is 0.383 e. The molecule has 0 aliphatic heterocycles. The Morgan fingerprint density at radius 3 is 2.83 bits per heavy atom. The van der Waals surface area contributed by atoms with Crippen LogP contribution in [0.3, 0.4) is 0 Å². The number of hydrogen-bond donors (Lipinski definition) is 1. The van der Waals surface area contributed by atoms with Crippen molar-refractivity contribution in [2.45, 2.75) is 38.0 Å². The fraction of sp³-hybridized carbons (Fsp3) is 0.500. The number of nitrogens with zero attached hydrogens (tertiary/aromatic N) is 2. The van der Waals surface area contributed by atoms with Gasteiger partial charge in [-0.2, -0.15) is 0 Å². The normalized spacial score (nSPS) is 11.9. The van der Waals surface area contributed by atoms with E-state index in [4.69, 9.17) is 16.3 Å². The van der Waals surface area contributed by atoms with Crippen molar-refractivity contribution < 1.29 is 9.53 Å². The maximum absolute atomic E-state index is 12.0. The maximum Gasteiger partial charge on any atom is 0.230 e. The first-order valence-corrected chi connectivity index (χ1v) is 8.75. The van der Waals surface area contributed by atoms with E-state index in [9.17, 15) is 4.79 Å². The van der Waals surface area contributed by atoms with E-state index < -0.39 is 0 Å². The Kier molecular flexibility index (Phi) is 5.95. The van der Waals surface area contributed by atoms with Crippen molar-refractivity contribution in [2.24, 2.45) is 0 Å². The summed E-state index contributed by atoms with van der Waals surface area (Å²) in [4.78, 5) is 16.6. The first-order chi connectivity index (χ1) is 10.8. The average Bonchev–Trinajstić information content (AvgIpc) is 2.77. The quantitative estimate of drug-likeness (QED) is 0.807. The number of thioether (sulfide) groups is 1. The van der Waals surface area contributed by atoms with Crippen LogP contribution in [0.1, 0.15) is 20.8 Å². The van der Waals surface area contributed by atoms with Gasteiger partial charge in [0.15, 0.2) is 5.16 Å². The summed E-state index contributed by atoms with van der Waals surface area (Å²) in [6, 6.07) is 5.62. The van der Waals surface area contributed by atoms with Crippen molar-refractivity contribution in [3.8, 4) is 0 Å². The molecule has 1 aromatic heterocycles. The summed E-state index contributed by atoms with van der Waals surface area (Å²) < 4.78 is 7.23. The lowest BCUT2D eigenvalue weighted by Crippen LogP contribution is -2.41. The minimum atomic E-state index is -0.235. The molecule has 0 aliphatic carbocycles. The monoisotopic (exact) mass is 355 g/mol. The molecule has 0 bridgehead atoms. The number of halogens is 1. The fourth-order valence-electron chi connectivity index (χ4n) is 2.17. The number of aromatic nitrogens is 2. The van der Waals surface area contributed by atoms with Crippen LogP contribution in [0.15, 0.2) is 23.4 Å². The van der Waals surface area contributed by atoms with E-state index >= 15 is 0 Å². The number of imidazole rings is 1. The van der Waals surface area contributed by atoms with Crippen LogP contribution < -0.4 is 5.32 Å². The molecule has 0 saturated heterocycles. The number of hydrogen-bond acceptors (Lipinski definition) is 4. The molecule has 2 aromatic rings. The smallest absolute Gasteiger partial charge is 0.230 e. The molecule has 0 saturated carbocycles. The highest BCUT2D eigenvalue weighted by molar-refractivity contribution is 7.99. The predicted molar refractivity (Wildman–Crippen MR) is 95.2 cm³/mol.